The number of carbonyl (C=O) groups excluding carboxylic acids is 3. The van der Waals surface area contributed by atoms with Crippen LogP contribution in [0.5, 0.6) is 0 Å². The molecule has 2 amide bonds. The molecule has 3 aromatic rings. The van der Waals surface area contributed by atoms with Crippen molar-refractivity contribution < 1.29 is 19.1 Å². The number of benzene rings is 1. The van der Waals surface area contributed by atoms with Crippen LogP contribution in [0.4, 0.5) is 0 Å². The van der Waals surface area contributed by atoms with Crippen molar-refractivity contribution in [3.63, 3.8) is 0 Å². The highest BCUT2D eigenvalue weighted by molar-refractivity contribution is 7.12. The van der Waals surface area contributed by atoms with E-state index < -0.39 is 24.4 Å². The number of amides is 2. The number of rotatable bonds is 6. The van der Waals surface area contributed by atoms with Crippen LogP contribution in [0, 0.1) is 13.8 Å². The molecule has 2 heterocycles. The van der Waals surface area contributed by atoms with Crippen molar-refractivity contribution in [3.05, 3.63) is 81.3 Å². The van der Waals surface area contributed by atoms with Gasteiger partial charge in [0, 0.05) is 17.9 Å². The Morgan fingerprint density at radius 1 is 1.07 bits per heavy atom. The minimum absolute atomic E-state index is 0.408. The Balaban J connectivity index is 1.61. The maximum absolute atomic E-state index is 12.4. The first-order valence-corrected chi connectivity index (χ1v) is 9.59. The first-order valence-electron chi connectivity index (χ1n) is 8.71. The van der Waals surface area contributed by atoms with Crippen LogP contribution in [0.3, 0.4) is 0 Å². The minimum Gasteiger partial charge on any atom is -0.452 e. The van der Waals surface area contributed by atoms with E-state index in [0.717, 1.165) is 17.0 Å². The summed E-state index contributed by atoms with van der Waals surface area (Å²) in [6.45, 7) is 3.88. The Bertz CT molecular complexity index is 991. The number of imide groups is 1. The fourth-order valence-corrected chi connectivity index (χ4v) is 3.48. The van der Waals surface area contributed by atoms with Gasteiger partial charge in [0.1, 0.15) is 0 Å². The van der Waals surface area contributed by atoms with E-state index in [4.69, 9.17) is 4.74 Å². The number of carbonyl (C=O) groups is 3. The molecule has 28 heavy (non-hydrogen) atoms. The number of nitrogens with zero attached hydrogens (tertiary/aromatic N) is 1. The molecule has 6 nitrogen and oxygen atoms in total. The Hall–Kier alpha value is -3.19. The van der Waals surface area contributed by atoms with Crippen molar-refractivity contribution in [1.29, 1.82) is 0 Å². The maximum Gasteiger partial charge on any atom is 0.340 e. The molecule has 0 bridgehead atoms. The smallest absolute Gasteiger partial charge is 0.340 e. The molecule has 144 valence electrons. The van der Waals surface area contributed by atoms with Gasteiger partial charge in [-0.1, -0.05) is 36.4 Å². The van der Waals surface area contributed by atoms with E-state index in [-0.39, 0.29) is 0 Å². The number of esters is 1. The van der Waals surface area contributed by atoms with Crippen LogP contribution in [0.25, 0.3) is 0 Å². The van der Waals surface area contributed by atoms with Crippen LogP contribution in [-0.2, 0) is 16.1 Å². The Kier molecular flexibility index (Phi) is 6.06. The zero-order chi connectivity index (χ0) is 20.1. The Labute approximate surface area is 166 Å². The first kappa shape index (κ1) is 19.6. The molecule has 3 rings (SSSR count). The summed E-state index contributed by atoms with van der Waals surface area (Å²) in [5, 5.41) is 3.94. The maximum atomic E-state index is 12.4. The first-order chi connectivity index (χ1) is 13.5. The van der Waals surface area contributed by atoms with Gasteiger partial charge in [0.05, 0.1) is 10.4 Å². The van der Waals surface area contributed by atoms with E-state index in [1.165, 1.54) is 11.3 Å². The highest BCUT2D eigenvalue weighted by Gasteiger charge is 2.19. The van der Waals surface area contributed by atoms with Crippen molar-refractivity contribution in [2.24, 2.45) is 0 Å². The second-order valence-corrected chi connectivity index (χ2v) is 7.23. The molecule has 0 atom stereocenters. The largest absolute Gasteiger partial charge is 0.452 e. The molecular formula is C21H20N2O4S. The van der Waals surface area contributed by atoms with Gasteiger partial charge in [-0.2, -0.15) is 0 Å². The second-order valence-electron chi connectivity index (χ2n) is 6.29. The molecule has 0 saturated carbocycles. The SMILES string of the molecule is Cc1cc(C(=O)OCC(=O)NC(=O)c2cccs2)c(C)n1Cc1ccccc1. The van der Waals surface area contributed by atoms with Gasteiger partial charge in [0.25, 0.3) is 11.8 Å². The third-order valence-electron chi connectivity index (χ3n) is 4.31. The molecule has 0 aliphatic rings. The monoisotopic (exact) mass is 396 g/mol. The Morgan fingerprint density at radius 2 is 1.82 bits per heavy atom. The number of nitrogens with one attached hydrogen (secondary N) is 1. The highest BCUT2D eigenvalue weighted by atomic mass is 32.1. The van der Waals surface area contributed by atoms with E-state index in [0.29, 0.717) is 17.0 Å². The summed E-state index contributed by atoms with van der Waals surface area (Å²) in [6.07, 6.45) is 0. The zero-order valence-corrected chi connectivity index (χ0v) is 16.4. The van der Waals surface area contributed by atoms with Gasteiger partial charge in [0.2, 0.25) is 0 Å². The van der Waals surface area contributed by atoms with E-state index in [1.54, 1.807) is 23.6 Å². The number of aryl methyl sites for hydroxylation is 1. The van der Waals surface area contributed by atoms with E-state index in [9.17, 15) is 14.4 Å². The van der Waals surface area contributed by atoms with Gasteiger partial charge in [-0.25, -0.2) is 4.79 Å². The fraction of sp³-hybridized carbons (Fsp3) is 0.190. The van der Waals surface area contributed by atoms with Gasteiger partial charge < -0.3 is 9.30 Å². The summed E-state index contributed by atoms with van der Waals surface area (Å²) >= 11 is 1.23. The molecule has 2 aromatic heterocycles. The lowest BCUT2D eigenvalue weighted by molar-refractivity contribution is -0.123. The molecule has 0 unspecified atom stereocenters. The number of hydrogen-bond donors (Lipinski definition) is 1. The summed E-state index contributed by atoms with van der Waals surface area (Å²) in [7, 11) is 0. The quantitative estimate of drug-likeness (QED) is 0.649. The molecule has 1 aromatic carbocycles. The summed E-state index contributed by atoms with van der Waals surface area (Å²) in [5.74, 6) is -1.76. The van der Waals surface area contributed by atoms with Crippen molar-refractivity contribution in [1.82, 2.24) is 9.88 Å². The lowest BCUT2D eigenvalue weighted by Crippen LogP contribution is -2.33. The number of ether oxygens (including phenoxy) is 1. The molecule has 0 aliphatic carbocycles. The van der Waals surface area contributed by atoms with Crippen LogP contribution in [0.1, 0.15) is 37.0 Å². The van der Waals surface area contributed by atoms with Crippen molar-refractivity contribution in [2.75, 3.05) is 6.61 Å². The van der Waals surface area contributed by atoms with Crippen LogP contribution in [0.2, 0.25) is 0 Å². The molecule has 7 heteroatoms. The third-order valence-corrected chi connectivity index (χ3v) is 5.18. The topological polar surface area (TPSA) is 77.4 Å². The Morgan fingerprint density at radius 3 is 2.50 bits per heavy atom. The average molecular weight is 396 g/mol. The van der Waals surface area contributed by atoms with Gasteiger partial charge in [0.15, 0.2) is 6.61 Å². The van der Waals surface area contributed by atoms with E-state index in [1.807, 2.05) is 48.7 Å². The lowest BCUT2D eigenvalue weighted by Gasteiger charge is -2.10. The van der Waals surface area contributed by atoms with Gasteiger partial charge in [-0.15, -0.1) is 11.3 Å². The predicted octanol–water partition coefficient (Wildman–Crippen LogP) is 3.33. The second kappa shape index (κ2) is 8.67. The van der Waals surface area contributed by atoms with Crippen molar-refractivity contribution in [3.8, 4) is 0 Å². The van der Waals surface area contributed by atoms with Crippen LogP contribution < -0.4 is 5.32 Å². The summed E-state index contributed by atoms with van der Waals surface area (Å²) in [5.41, 5.74) is 3.22. The molecular weight excluding hydrogens is 376 g/mol. The van der Waals surface area contributed by atoms with Gasteiger partial charge >= 0.3 is 5.97 Å². The number of aromatic nitrogens is 1. The highest BCUT2D eigenvalue weighted by Crippen LogP contribution is 2.18. The van der Waals surface area contributed by atoms with Crippen molar-refractivity contribution in [2.45, 2.75) is 20.4 Å². The predicted molar refractivity (Wildman–Crippen MR) is 107 cm³/mol. The molecule has 1 N–H and O–H groups in total. The third kappa shape index (κ3) is 4.55. The van der Waals surface area contributed by atoms with E-state index >= 15 is 0 Å². The zero-order valence-electron chi connectivity index (χ0n) is 15.6. The molecule has 0 aliphatic heterocycles. The van der Waals surface area contributed by atoms with Gasteiger partial charge in [-0.05, 0) is 36.9 Å². The average Bonchev–Trinajstić information content (AvgIpc) is 3.31. The lowest BCUT2D eigenvalue weighted by atomic mass is 10.2. The molecule has 0 fully saturated rings. The molecule has 0 saturated heterocycles. The standard InChI is InChI=1S/C21H20N2O4S/c1-14-11-17(15(2)23(14)12-16-7-4-3-5-8-16)21(26)27-13-19(24)22-20(25)18-9-6-10-28-18/h3-11H,12-13H2,1-2H3,(H,22,24,25). The van der Waals surface area contributed by atoms with Gasteiger partial charge in [-0.3, -0.25) is 14.9 Å². The molecule has 0 spiro atoms. The summed E-state index contributed by atoms with van der Waals surface area (Å²) < 4.78 is 7.11. The van der Waals surface area contributed by atoms with Crippen molar-refractivity contribution >= 4 is 29.1 Å². The van der Waals surface area contributed by atoms with Crippen LogP contribution >= 0.6 is 11.3 Å². The van der Waals surface area contributed by atoms with Crippen LogP contribution in [0.15, 0.2) is 53.9 Å². The summed E-state index contributed by atoms with van der Waals surface area (Å²) in [4.78, 5) is 36.5. The fourth-order valence-electron chi connectivity index (χ4n) is 2.86. The number of thiophene rings is 1. The minimum atomic E-state index is -0.662. The van der Waals surface area contributed by atoms with E-state index in [2.05, 4.69) is 5.32 Å². The normalized spacial score (nSPS) is 10.5. The number of hydrogen-bond acceptors (Lipinski definition) is 5. The molecule has 0 radical (unpaired) electrons. The summed E-state index contributed by atoms with van der Waals surface area (Å²) in [6, 6.07) is 15.0. The van der Waals surface area contributed by atoms with Crippen LogP contribution in [-0.4, -0.2) is 29.0 Å².